The van der Waals surface area contributed by atoms with Gasteiger partial charge in [0.25, 0.3) is 11.8 Å². The number of benzene rings is 2. The number of nitrogens with one attached hydrogen (secondary N) is 1. The third-order valence-electron chi connectivity index (χ3n) is 6.70. The van der Waals surface area contributed by atoms with Crippen molar-refractivity contribution in [3.8, 4) is 5.75 Å². The van der Waals surface area contributed by atoms with Crippen LogP contribution < -0.4 is 10.1 Å². The molecule has 3 amide bonds. The first kappa shape index (κ1) is 26.4. The summed E-state index contributed by atoms with van der Waals surface area (Å²) in [5.41, 5.74) is 2.40. The topological polar surface area (TPSA) is 75.7 Å². The van der Waals surface area contributed by atoms with Crippen molar-refractivity contribution in [2.45, 2.75) is 71.9 Å². The Morgan fingerprint density at radius 3 is 2.27 bits per heavy atom. The zero-order valence-electron chi connectivity index (χ0n) is 22.1. The van der Waals surface area contributed by atoms with E-state index in [-0.39, 0.29) is 30.2 Å². The second-order valence-corrected chi connectivity index (χ2v) is 10.2. The number of imide groups is 1. The highest BCUT2D eigenvalue weighted by Crippen LogP contribution is 2.36. The first-order valence-electron chi connectivity index (χ1n) is 13.2. The van der Waals surface area contributed by atoms with Crippen molar-refractivity contribution < 1.29 is 19.1 Å². The zero-order valence-corrected chi connectivity index (χ0v) is 22.1. The van der Waals surface area contributed by atoms with Crippen LogP contribution in [-0.4, -0.2) is 34.7 Å². The zero-order chi connectivity index (χ0) is 26.5. The molecule has 1 fully saturated rings. The predicted molar refractivity (Wildman–Crippen MR) is 144 cm³/mol. The highest BCUT2D eigenvalue weighted by atomic mass is 16.5. The van der Waals surface area contributed by atoms with Crippen LogP contribution in [0.15, 0.2) is 72.0 Å². The summed E-state index contributed by atoms with van der Waals surface area (Å²) in [6.45, 7) is 7.99. The summed E-state index contributed by atoms with van der Waals surface area (Å²) in [6.07, 6.45) is 5.28. The van der Waals surface area contributed by atoms with E-state index in [0.29, 0.717) is 28.9 Å². The number of hydrogen-bond donors (Lipinski definition) is 1. The summed E-state index contributed by atoms with van der Waals surface area (Å²) >= 11 is 0. The number of allylic oxidation sites excluding steroid dienone is 2. The molecular formula is C31H36N2O4. The van der Waals surface area contributed by atoms with Crippen LogP contribution in [0.1, 0.15) is 64.5 Å². The summed E-state index contributed by atoms with van der Waals surface area (Å²) in [4.78, 5) is 42.3. The van der Waals surface area contributed by atoms with Gasteiger partial charge in [0.2, 0.25) is 5.91 Å². The Bertz CT molecular complexity index is 1210. The van der Waals surface area contributed by atoms with Gasteiger partial charge in [-0.25, -0.2) is 0 Å². The summed E-state index contributed by atoms with van der Waals surface area (Å²) in [7, 11) is 0. The number of carbonyl (C=O) groups is 3. The van der Waals surface area contributed by atoms with Crippen LogP contribution in [0.3, 0.4) is 0 Å². The standard InChI is InChI=1S/C31H36N2O4/c1-5-24(6-2)37-25-16-12-22(13-17-25)28-26(18-20(3)4)30(35)33(31(28)36)27(29(34)32-23-14-15-23)19-21-10-8-7-9-11-21/h5,7-13,16-17,20,23,27H,6,14-15,18-19H2,1-4H3,(H,32,34). The third-order valence-corrected chi connectivity index (χ3v) is 6.70. The van der Waals surface area contributed by atoms with Crippen LogP contribution in [0.5, 0.6) is 5.75 Å². The van der Waals surface area contributed by atoms with Gasteiger partial charge in [0.05, 0.1) is 11.3 Å². The summed E-state index contributed by atoms with van der Waals surface area (Å²) in [5, 5.41) is 3.01. The number of nitrogens with zero attached hydrogens (tertiary/aromatic N) is 1. The van der Waals surface area contributed by atoms with Gasteiger partial charge in [-0.2, -0.15) is 0 Å². The van der Waals surface area contributed by atoms with Gasteiger partial charge in [-0.05, 0) is 61.4 Å². The lowest BCUT2D eigenvalue weighted by atomic mass is 9.95. The largest absolute Gasteiger partial charge is 0.462 e. The molecule has 2 aliphatic rings. The fourth-order valence-corrected chi connectivity index (χ4v) is 4.61. The molecule has 0 saturated heterocycles. The predicted octanol–water partition coefficient (Wildman–Crippen LogP) is 5.44. The van der Waals surface area contributed by atoms with Crippen molar-refractivity contribution in [1.29, 1.82) is 0 Å². The van der Waals surface area contributed by atoms with Crippen molar-refractivity contribution in [2.24, 2.45) is 5.92 Å². The van der Waals surface area contributed by atoms with Crippen molar-refractivity contribution in [3.05, 3.63) is 83.1 Å². The lowest BCUT2D eigenvalue weighted by molar-refractivity contribution is -0.145. The Hall–Kier alpha value is -3.67. The highest BCUT2D eigenvalue weighted by Gasteiger charge is 2.45. The molecular weight excluding hydrogens is 464 g/mol. The van der Waals surface area contributed by atoms with Gasteiger partial charge in [0, 0.05) is 24.5 Å². The van der Waals surface area contributed by atoms with Gasteiger partial charge < -0.3 is 10.1 Å². The summed E-state index contributed by atoms with van der Waals surface area (Å²) in [5.74, 6) is 0.631. The number of hydrogen-bond acceptors (Lipinski definition) is 4. The summed E-state index contributed by atoms with van der Waals surface area (Å²) in [6, 6.07) is 16.0. The van der Waals surface area contributed by atoms with Gasteiger partial charge in [-0.3, -0.25) is 19.3 Å². The van der Waals surface area contributed by atoms with Gasteiger partial charge in [-0.1, -0.05) is 63.2 Å². The average molecular weight is 501 g/mol. The molecule has 1 heterocycles. The molecule has 1 atom stereocenters. The van der Waals surface area contributed by atoms with Crippen LogP contribution in [-0.2, 0) is 20.8 Å². The molecule has 0 radical (unpaired) electrons. The van der Waals surface area contributed by atoms with E-state index in [0.717, 1.165) is 30.6 Å². The Balaban J connectivity index is 1.68. The minimum atomic E-state index is -0.910. The SMILES string of the molecule is CC=C(CC)Oc1ccc(C2=C(CC(C)C)C(=O)N(C(Cc3ccccc3)C(=O)NC3CC3)C2=O)cc1. The molecule has 1 N–H and O–H groups in total. The van der Waals surface area contributed by atoms with E-state index >= 15 is 0 Å². The third kappa shape index (κ3) is 6.19. The second kappa shape index (κ2) is 11.6. The van der Waals surface area contributed by atoms with Gasteiger partial charge in [-0.15, -0.1) is 0 Å². The Kier molecular flexibility index (Phi) is 8.27. The smallest absolute Gasteiger partial charge is 0.262 e. The van der Waals surface area contributed by atoms with E-state index < -0.39 is 11.9 Å². The molecule has 2 aromatic rings. The van der Waals surface area contributed by atoms with Gasteiger partial charge in [0.1, 0.15) is 11.8 Å². The van der Waals surface area contributed by atoms with Crippen LogP contribution in [0.4, 0.5) is 0 Å². The molecule has 37 heavy (non-hydrogen) atoms. The van der Waals surface area contributed by atoms with E-state index in [4.69, 9.17) is 4.74 Å². The molecule has 6 nitrogen and oxygen atoms in total. The van der Waals surface area contributed by atoms with Gasteiger partial charge >= 0.3 is 0 Å². The number of ether oxygens (including phenoxy) is 1. The molecule has 194 valence electrons. The van der Waals surface area contributed by atoms with Crippen LogP contribution in [0.2, 0.25) is 0 Å². The minimum Gasteiger partial charge on any atom is -0.462 e. The highest BCUT2D eigenvalue weighted by molar-refractivity contribution is 6.36. The quantitative estimate of drug-likeness (QED) is 0.329. The molecule has 0 bridgehead atoms. The normalized spacial score (nSPS) is 17.0. The fraction of sp³-hybridized carbons (Fsp3) is 0.387. The number of amides is 3. The van der Waals surface area contributed by atoms with Crippen molar-refractivity contribution in [3.63, 3.8) is 0 Å². The maximum Gasteiger partial charge on any atom is 0.262 e. The van der Waals surface area contributed by atoms with Crippen molar-refractivity contribution in [1.82, 2.24) is 10.2 Å². The fourth-order valence-electron chi connectivity index (χ4n) is 4.61. The molecule has 6 heteroatoms. The Morgan fingerprint density at radius 2 is 1.70 bits per heavy atom. The Morgan fingerprint density at radius 1 is 1.03 bits per heavy atom. The van der Waals surface area contributed by atoms with E-state index in [2.05, 4.69) is 5.32 Å². The van der Waals surface area contributed by atoms with E-state index in [1.807, 2.05) is 88.4 Å². The van der Waals surface area contributed by atoms with Crippen LogP contribution >= 0.6 is 0 Å². The minimum absolute atomic E-state index is 0.124. The lowest BCUT2D eigenvalue weighted by Gasteiger charge is -2.26. The van der Waals surface area contributed by atoms with Crippen molar-refractivity contribution in [2.75, 3.05) is 0 Å². The molecule has 2 aromatic carbocycles. The molecule has 1 aliphatic carbocycles. The lowest BCUT2D eigenvalue weighted by Crippen LogP contribution is -2.51. The molecule has 1 saturated carbocycles. The van der Waals surface area contributed by atoms with Crippen LogP contribution in [0.25, 0.3) is 5.57 Å². The second-order valence-electron chi connectivity index (χ2n) is 10.2. The van der Waals surface area contributed by atoms with Gasteiger partial charge in [0.15, 0.2) is 0 Å². The maximum atomic E-state index is 13.9. The maximum absolute atomic E-state index is 13.9. The Labute approximate surface area is 219 Å². The number of rotatable bonds is 11. The first-order valence-corrected chi connectivity index (χ1v) is 13.2. The monoisotopic (exact) mass is 500 g/mol. The average Bonchev–Trinajstić information content (AvgIpc) is 3.67. The summed E-state index contributed by atoms with van der Waals surface area (Å²) < 4.78 is 5.90. The van der Waals surface area contributed by atoms with E-state index in [9.17, 15) is 14.4 Å². The van der Waals surface area contributed by atoms with E-state index in [1.165, 1.54) is 4.90 Å². The van der Waals surface area contributed by atoms with E-state index in [1.54, 1.807) is 0 Å². The molecule has 1 aliphatic heterocycles. The molecule has 0 aromatic heterocycles. The van der Waals surface area contributed by atoms with Crippen molar-refractivity contribution >= 4 is 23.3 Å². The molecule has 4 rings (SSSR count). The molecule has 1 unspecified atom stereocenters. The first-order chi connectivity index (χ1) is 17.8. The molecule has 0 spiro atoms. The number of carbonyl (C=O) groups excluding carboxylic acids is 3. The van der Waals surface area contributed by atoms with Crippen LogP contribution in [0, 0.1) is 5.92 Å².